The zero-order chi connectivity index (χ0) is 14.0. The number of nitrogens with zero attached hydrogens (tertiary/aromatic N) is 1. The number of carbonyl (C=O) groups excluding carboxylic acids is 1. The van der Waals surface area contributed by atoms with E-state index in [-0.39, 0.29) is 6.42 Å². The zero-order valence-corrected chi connectivity index (χ0v) is 10.2. The second-order valence-corrected chi connectivity index (χ2v) is 4.52. The number of Topliss-reactive ketones (excluding diaryl/α,β-unsaturated/α-hetero) is 1. The summed E-state index contributed by atoms with van der Waals surface area (Å²) < 4.78 is 27.3. The Kier molecular flexibility index (Phi) is 3.66. The van der Waals surface area contributed by atoms with Crippen LogP contribution in [0.3, 0.4) is 0 Å². The first kappa shape index (κ1) is 13.3. The molecule has 1 aromatic carbocycles. The molecule has 0 N–H and O–H groups in total. The molecular formula is C12H7F2NO3S. The molecule has 0 fully saturated rings. The van der Waals surface area contributed by atoms with Crippen LogP contribution in [0.2, 0.25) is 0 Å². The molecule has 7 heteroatoms. The molecule has 1 heterocycles. The molecular weight excluding hydrogens is 276 g/mol. The molecule has 0 radical (unpaired) electrons. The van der Waals surface area contributed by atoms with Crippen LogP contribution < -0.4 is 0 Å². The van der Waals surface area contributed by atoms with E-state index in [2.05, 4.69) is 0 Å². The number of hydrogen-bond acceptors (Lipinski definition) is 4. The van der Waals surface area contributed by atoms with E-state index in [4.69, 9.17) is 0 Å². The van der Waals surface area contributed by atoms with Gasteiger partial charge in [0, 0.05) is 12.5 Å². The molecule has 0 aliphatic rings. The zero-order valence-electron chi connectivity index (χ0n) is 9.43. The van der Waals surface area contributed by atoms with Crippen molar-refractivity contribution >= 4 is 22.8 Å². The molecule has 2 aromatic rings. The molecule has 0 unspecified atom stereocenters. The summed E-state index contributed by atoms with van der Waals surface area (Å²) in [7, 11) is 0. The minimum Gasteiger partial charge on any atom is -0.294 e. The number of ketones is 1. The van der Waals surface area contributed by atoms with Gasteiger partial charge in [-0.3, -0.25) is 14.9 Å². The van der Waals surface area contributed by atoms with Crippen LogP contribution in [0.15, 0.2) is 29.0 Å². The number of thiophene rings is 1. The molecule has 0 atom stereocenters. The molecule has 19 heavy (non-hydrogen) atoms. The van der Waals surface area contributed by atoms with Gasteiger partial charge in [-0.25, -0.2) is 4.39 Å². The second-order valence-electron chi connectivity index (χ2n) is 3.74. The van der Waals surface area contributed by atoms with Crippen molar-refractivity contribution < 1.29 is 18.5 Å². The van der Waals surface area contributed by atoms with E-state index >= 15 is 0 Å². The Hall–Kier alpha value is -2.15. The van der Waals surface area contributed by atoms with Gasteiger partial charge in [-0.05, 0) is 28.5 Å². The van der Waals surface area contributed by atoms with Gasteiger partial charge in [-0.1, -0.05) is 0 Å². The van der Waals surface area contributed by atoms with E-state index in [9.17, 15) is 23.7 Å². The first-order chi connectivity index (χ1) is 9.00. The average molecular weight is 283 g/mol. The molecule has 0 amide bonds. The predicted molar refractivity (Wildman–Crippen MR) is 65.4 cm³/mol. The fourth-order valence-electron chi connectivity index (χ4n) is 1.61. The highest BCUT2D eigenvalue weighted by Gasteiger charge is 2.26. The first-order valence-corrected chi connectivity index (χ1v) is 6.11. The Morgan fingerprint density at radius 2 is 2.05 bits per heavy atom. The predicted octanol–water partition coefficient (Wildman–Crippen LogP) is 3.36. The summed E-state index contributed by atoms with van der Waals surface area (Å²) in [6.07, 6.45) is -0.196. The molecule has 0 aliphatic heterocycles. The van der Waals surface area contributed by atoms with E-state index in [0.29, 0.717) is 11.6 Å². The van der Waals surface area contributed by atoms with E-state index in [1.807, 2.05) is 0 Å². The summed E-state index contributed by atoms with van der Waals surface area (Å²) in [5.41, 5.74) is -1.16. The smallest absolute Gasteiger partial charge is 0.294 e. The third-order valence-corrected chi connectivity index (χ3v) is 3.22. The van der Waals surface area contributed by atoms with Crippen molar-refractivity contribution in [3.63, 3.8) is 0 Å². The lowest BCUT2D eigenvalue weighted by Crippen LogP contribution is -2.10. The Balaban J connectivity index is 2.41. The Morgan fingerprint density at radius 3 is 2.63 bits per heavy atom. The van der Waals surface area contributed by atoms with Crippen LogP contribution in [0.4, 0.5) is 14.5 Å². The van der Waals surface area contributed by atoms with Crippen molar-refractivity contribution in [2.75, 3.05) is 0 Å². The standard InChI is InChI=1S/C12H7F2NO3S/c13-8-1-2-9(15(17)18)12(14)11(8)10(16)5-7-3-4-19-6-7/h1-4,6H,5H2. The maximum Gasteiger partial charge on any atom is 0.305 e. The lowest BCUT2D eigenvalue weighted by molar-refractivity contribution is -0.387. The quantitative estimate of drug-likeness (QED) is 0.491. The van der Waals surface area contributed by atoms with Crippen LogP contribution in [-0.2, 0) is 6.42 Å². The summed E-state index contributed by atoms with van der Waals surface area (Å²) in [5, 5.41) is 14.0. The summed E-state index contributed by atoms with van der Waals surface area (Å²) in [6, 6.07) is 3.07. The van der Waals surface area contributed by atoms with Crippen LogP contribution in [-0.4, -0.2) is 10.7 Å². The molecule has 4 nitrogen and oxygen atoms in total. The largest absolute Gasteiger partial charge is 0.305 e. The SMILES string of the molecule is O=C(Cc1ccsc1)c1c(F)ccc([N+](=O)[O-])c1F. The highest BCUT2D eigenvalue weighted by Crippen LogP contribution is 2.24. The van der Waals surface area contributed by atoms with Gasteiger partial charge in [0.25, 0.3) is 0 Å². The average Bonchev–Trinajstić information content (AvgIpc) is 2.81. The molecule has 0 saturated carbocycles. The fourth-order valence-corrected chi connectivity index (χ4v) is 2.27. The minimum atomic E-state index is -1.43. The van der Waals surface area contributed by atoms with Crippen LogP contribution in [0.5, 0.6) is 0 Å². The van der Waals surface area contributed by atoms with Crippen LogP contribution in [0, 0.1) is 21.7 Å². The van der Waals surface area contributed by atoms with Gasteiger partial charge < -0.3 is 0 Å². The number of hydrogen-bond donors (Lipinski definition) is 0. The number of nitro benzene ring substituents is 1. The van der Waals surface area contributed by atoms with Gasteiger partial charge in [-0.2, -0.15) is 15.7 Å². The summed E-state index contributed by atoms with van der Waals surface area (Å²) in [4.78, 5) is 21.4. The lowest BCUT2D eigenvalue weighted by atomic mass is 10.0. The van der Waals surface area contributed by atoms with Crippen LogP contribution in [0.1, 0.15) is 15.9 Å². The van der Waals surface area contributed by atoms with Crippen LogP contribution in [0.25, 0.3) is 0 Å². The van der Waals surface area contributed by atoms with Crippen molar-refractivity contribution in [2.24, 2.45) is 0 Å². The van der Waals surface area contributed by atoms with Gasteiger partial charge in [0.2, 0.25) is 5.82 Å². The highest BCUT2D eigenvalue weighted by atomic mass is 32.1. The third-order valence-electron chi connectivity index (χ3n) is 2.49. The molecule has 0 spiro atoms. The maximum absolute atomic E-state index is 13.8. The van der Waals surface area contributed by atoms with Crippen molar-refractivity contribution in [1.82, 2.24) is 0 Å². The maximum atomic E-state index is 13.8. The van der Waals surface area contributed by atoms with Gasteiger partial charge in [0.15, 0.2) is 5.78 Å². The van der Waals surface area contributed by atoms with E-state index in [1.165, 1.54) is 11.3 Å². The van der Waals surface area contributed by atoms with Gasteiger partial charge in [0.1, 0.15) is 5.82 Å². The molecule has 2 rings (SSSR count). The fraction of sp³-hybridized carbons (Fsp3) is 0.0833. The van der Waals surface area contributed by atoms with Gasteiger partial charge in [0.05, 0.1) is 10.5 Å². The normalized spacial score (nSPS) is 10.4. The Morgan fingerprint density at radius 1 is 1.32 bits per heavy atom. The van der Waals surface area contributed by atoms with Crippen molar-refractivity contribution in [3.05, 3.63) is 61.8 Å². The number of benzene rings is 1. The third kappa shape index (κ3) is 2.65. The molecule has 0 aliphatic carbocycles. The Bertz CT molecular complexity index is 641. The highest BCUT2D eigenvalue weighted by molar-refractivity contribution is 7.08. The van der Waals surface area contributed by atoms with Gasteiger partial charge in [-0.15, -0.1) is 0 Å². The van der Waals surface area contributed by atoms with Gasteiger partial charge >= 0.3 is 5.69 Å². The number of rotatable bonds is 4. The van der Waals surface area contributed by atoms with Crippen molar-refractivity contribution in [1.29, 1.82) is 0 Å². The van der Waals surface area contributed by atoms with E-state index in [0.717, 1.165) is 6.07 Å². The minimum absolute atomic E-state index is 0.196. The number of nitro groups is 1. The van der Waals surface area contributed by atoms with Crippen LogP contribution >= 0.6 is 11.3 Å². The van der Waals surface area contributed by atoms with Crippen molar-refractivity contribution in [3.8, 4) is 0 Å². The summed E-state index contributed by atoms with van der Waals surface area (Å²) in [6.45, 7) is 0. The topological polar surface area (TPSA) is 60.2 Å². The molecule has 0 bridgehead atoms. The number of halogens is 2. The molecule has 98 valence electrons. The summed E-state index contributed by atoms with van der Waals surface area (Å²) in [5.74, 6) is -3.34. The van der Waals surface area contributed by atoms with E-state index in [1.54, 1.807) is 16.8 Å². The lowest BCUT2D eigenvalue weighted by Gasteiger charge is -2.04. The Labute approximate surface area is 110 Å². The van der Waals surface area contributed by atoms with E-state index < -0.39 is 33.6 Å². The molecule has 0 saturated heterocycles. The van der Waals surface area contributed by atoms with Crippen molar-refractivity contribution in [2.45, 2.75) is 6.42 Å². The summed E-state index contributed by atoms with van der Waals surface area (Å²) >= 11 is 1.35. The second kappa shape index (κ2) is 5.23. The first-order valence-electron chi connectivity index (χ1n) is 5.17. The monoisotopic (exact) mass is 283 g/mol. The number of carbonyl (C=O) groups is 1. The molecule has 1 aromatic heterocycles.